The summed E-state index contributed by atoms with van der Waals surface area (Å²) in [5.41, 5.74) is 0. The van der Waals surface area contributed by atoms with Crippen molar-refractivity contribution >= 4 is 50.6 Å². The third kappa shape index (κ3) is 17.6. The number of rotatable bonds is 0. The van der Waals surface area contributed by atoms with Crippen LogP contribution in [0.5, 0.6) is 0 Å². The van der Waals surface area contributed by atoms with E-state index in [1.54, 1.807) is 0 Å². The Labute approximate surface area is 141 Å². The summed E-state index contributed by atoms with van der Waals surface area (Å²) in [6.07, 6.45) is 0. The molecule has 0 aromatic rings. The van der Waals surface area contributed by atoms with Crippen LogP contribution in [0.25, 0.3) is 0 Å². The zero-order valence-corrected chi connectivity index (χ0v) is 16.4. The van der Waals surface area contributed by atoms with Crippen molar-refractivity contribution < 1.29 is 38.8 Å². The molecule has 0 N–H and O–H groups in total. The Morgan fingerprint density at radius 3 is 0.550 bits per heavy atom. The van der Waals surface area contributed by atoms with Gasteiger partial charge in [-0.15, -0.1) is 0 Å². The first-order valence-corrected chi connectivity index (χ1v) is 7.63. The Balaban J connectivity index is -0.0000000408. The largest absolute Gasteiger partial charge is 3.00 e. The zero-order chi connectivity index (χ0) is 14.0. The smallest absolute Gasteiger partial charge is 1.00 e. The average Bonchev–Trinajstić information content (AvgIpc) is 1.77. The molecule has 0 fully saturated rings. The van der Waals surface area contributed by atoms with Crippen LogP contribution in [0.1, 0.15) is 41.5 Å². The minimum Gasteiger partial charge on any atom is -1.00 e. The molecule has 20 heavy (non-hydrogen) atoms. The van der Waals surface area contributed by atoms with Gasteiger partial charge in [-0.1, -0.05) is 0 Å². The van der Waals surface area contributed by atoms with Gasteiger partial charge in [0.2, 0.25) is 0 Å². The van der Waals surface area contributed by atoms with Crippen LogP contribution in [0.2, 0.25) is 0 Å². The molecule has 0 saturated carbocycles. The fraction of sp³-hybridized carbons (Fsp3) is 1.00. The van der Waals surface area contributed by atoms with E-state index in [1.165, 1.54) is 41.5 Å². The van der Waals surface area contributed by atoms with Crippen molar-refractivity contribution in [3.05, 3.63) is 0 Å². The fourth-order valence-electron chi connectivity index (χ4n) is 0. The van der Waals surface area contributed by atoms with Crippen LogP contribution >= 0.6 is 15.9 Å². The standard InChI is InChI=1S/2C4H11O3P.2Al.2FH/c2*1-4(2,3)8(5,6)7;;;;/h2*1-3H3,(H2,5,6,7);;;2*1H/q;;2*+3;;/p-6. The van der Waals surface area contributed by atoms with E-state index in [2.05, 4.69) is 0 Å². The van der Waals surface area contributed by atoms with Crippen molar-refractivity contribution in [3.8, 4) is 0 Å². The van der Waals surface area contributed by atoms with Gasteiger partial charge in [-0.25, -0.2) is 0 Å². The molecule has 0 amide bonds. The molecule has 0 aliphatic carbocycles. The van der Waals surface area contributed by atoms with Crippen LogP contribution in [0.15, 0.2) is 0 Å². The molecule has 0 aliphatic rings. The molecule has 6 nitrogen and oxygen atoms in total. The van der Waals surface area contributed by atoms with Gasteiger partial charge in [0.1, 0.15) is 0 Å². The summed E-state index contributed by atoms with van der Waals surface area (Å²) in [7, 11) is -8.70. The Bertz CT molecular complexity index is 175. The minimum atomic E-state index is -4.35. The van der Waals surface area contributed by atoms with Crippen molar-refractivity contribution in [3.63, 3.8) is 0 Å². The van der Waals surface area contributed by atoms with Crippen molar-refractivity contribution in [1.29, 1.82) is 0 Å². The molecule has 0 rings (SSSR count). The molecular formula is C8H18Al2F2O6P2. The second-order valence-electron chi connectivity index (χ2n) is 5.34. The summed E-state index contributed by atoms with van der Waals surface area (Å²) in [5, 5.41) is -2.24. The summed E-state index contributed by atoms with van der Waals surface area (Å²) in [4.78, 5) is 60.8. The van der Waals surface area contributed by atoms with Crippen molar-refractivity contribution in [2.45, 2.75) is 51.9 Å². The van der Waals surface area contributed by atoms with Gasteiger partial charge >= 0.3 is 34.7 Å². The topological polar surface area (TPSA) is 138 Å². The molecule has 0 unspecified atom stereocenters. The number of hydrogen-bond acceptors (Lipinski definition) is 6. The van der Waals surface area contributed by atoms with Gasteiger partial charge in [-0.3, -0.25) is 0 Å². The third-order valence-corrected chi connectivity index (χ3v) is 4.93. The van der Waals surface area contributed by atoms with E-state index in [1.807, 2.05) is 0 Å². The third-order valence-electron chi connectivity index (χ3n) is 1.64. The number of hydrogen-bond donors (Lipinski definition) is 0. The maximum atomic E-state index is 10.1. The van der Waals surface area contributed by atoms with Gasteiger partial charge in [-0.05, 0) is 41.5 Å². The predicted molar refractivity (Wildman–Crippen MR) is 64.9 cm³/mol. The van der Waals surface area contributed by atoms with E-state index >= 15 is 0 Å². The van der Waals surface area contributed by atoms with Crippen LogP contribution in [0.4, 0.5) is 0 Å². The quantitative estimate of drug-likeness (QED) is 0.309. The van der Waals surface area contributed by atoms with Gasteiger partial charge < -0.3 is 38.8 Å². The van der Waals surface area contributed by atoms with Crippen molar-refractivity contribution in [1.82, 2.24) is 0 Å². The first-order chi connectivity index (χ1) is 6.50. The van der Waals surface area contributed by atoms with Crippen LogP contribution in [0.3, 0.4) is 0 Å². The Morgan fingerprint density at radius 2 is 0.550 bits per heavy atom. The predicted octanol–water partition coefficient (Wildman–Crippen LogP) is -9.50. The first-order valence-electron chi connectivity index (χ1n) is 4.54. The molecule has 0 radical (unpaired) electrons. The molecule has 0 bridgehead atoms. The SMILES string of the molecule is CC(C)(C)[P+]([O-])([O-])[O-].CC(C)(C)[P+]([O-])([O-])[O-].[Al+3].[Al+3].[F-].[F-]. The van der Waals surface area contributed by atoms with Crippen molar-refractivity contribution in [2.75, 3.05) is 0 Å². The maximum Gasteiger partial charge on any atom is 3.00 e. The fourth-order valence-corrected chi connectivity index (χ4v) is 0. The summed E-state index contributed by atoms with van der Waals surface area (Å²) < 4.78 is 0. The summed E-state index contributed by atoms with van der Waals surface area (Å²) >= 11 is 0. The Kier molecular flexibility index (Phi) is 22.6. The molecule has 12 heteroatoms. The van der Waals surface area contributed by atoms with E-state index < -0.39 is 26.2 Å². The zero-order valence-electron chi connectivity index (χ0n) is 12.3. The maximum absolute atomic E-state index is 10.1. The normalized spacial score (nSPS) is 11.4. The molecular weight excluding hydrogens is 346 g/mol. The van der Waals surface area contributed by atoms with Gasteiger partial charge in [0.25, 0.3) is 0 Å². The second kappa shape index (κ2) is 12.0. The van der Waals surface area contributed by atoms with Crippen molar-refractivity contribution in [2.24, 2.45) is 0 Å². The molecule has 0 spiro atoms. The molecule has 0 heterocycles. The summed E-state index contributed by atoms with van der Waals surface area (Å²) in [6.45, 7) is 8.30. The Morgan fingerprint density at radius 1 is 0.500 bits per heavy atom. The summed E-state index contributed by atoms with van der Waals surface area (Å²) in [5.74, 6) is 0. The van der Waals surface area contributed by atoms with E-state index in [-0.39, 0.29) is 44.1 Å². The van der Waals surface area contributed by atoms with Gasteiger partial charge in [0, 0.05) is 0 Å². The van der Waals surface area contributed by atoms with Gasteiger partial charge in [-0.2, -0.15) is 15.9 Å². The molecule has 0 atom stereocenters. The van der Waals surface area contributed by atoms with Gasteiger partial charge in [0.05, 0.1) is 10.3 Å². The average molecular weight is 364 g/mol. The van der Waals surface area contributed by atoms with Crippen LogP contribution in [-0.4, -0.2) is 45.0 Å². The van der Waals surface area contributed by atoms with Crippen LogP contribution in [-0.2, 0) is 0 Å². The van der Waals surface area contributed by atoms with Crippen LogP contribution < -0.4 is 38.8 Å². The van der Waals surface area contributed by atoms with Crippen LogP contribution in [0, 0.1) is 0 Å². The van der Waals surface area contributed by atoms with Gasteiger partial charge in [0.15, 0.2) is 0 Å². The van der Waals surface area contributed by atoms with E-state index in [0.29, 0.717) is 0 Å². The minimum absolute atomic E-state index is 0. The van der Waals surface area contributed by atoms with E-state index in [0.717, 1.165) is 0 Å². The molecule has 0 aliphatic heterocycles. The molecule has 0 aromatic carbocycles. The second-order valence-corrected chi connectivity index (χ2v) is 10.0. The molecule has 116 valence electrons. The first kappa shape index (κ1) is 37.6. The number of halogens is 2. The Hall–Kier alpha value is 1.54. The monoisotopic (exact) mass is 364 g/mol. The molecule has 0 aromatic heterocycles. The molecule has 0 saturated heterocycles. The van der Waals surface area contributed by atoms with E-state index in [4.69, 9.17) is 0 Å². The van der Waals surface area contributed by atoms with E-state index in [9.17, 15) is 29.4 Å². The summed E-state index contributed by atoms with van der Waals surface area (Å²) in [6, 6.07) is 0.